The van der Waals surface area contributed by atoms with Gasteiger partial charge < -0.3 is 29.3 Å². The smallest absolute Gasteiger partial charge is 0.306 e. The maximum Gasteiger partial charge on any atom is 0.306 e. The molecule has 2 atom stereocenters. The Morgan fingerprint density at radius 1 is 0.700 bits per heavy atom. The monoisotopic (exact) mass is 424 g/mol. The van der Waals surface area contributed by atoms with Crippen LogP contribution in [0.15, 0.2) is 24.3 Å². The molecular formula is C22H32O8-2. The van der Waals surface area contributed by atoms with E-state index in [0.29, 0.717) is 0 Å². The Hall–Kier alpha value is -2.64. The van der Waals surface area contributed by atoms with Gasteiger partial charge in [-0.25, -0.2) is 0 Å². The number of ether oxygens (including phenoxy) is 2. The van der Waals surface area contributed by atoms with Gasteiger partial charge in [-0.05, 0) is 25.7 Å². The van der Waals surface area contributed by atoms with Gasteiger partial charge in [0.05, 0.1) is 12.8 Å². The Balaban J connectivity index is 4.22. The summed E-state index contributed by atoms with van der Waals surface area (Å²) in [6.45, 7) is 3.49. The first-order valence-corrected chi connectivity index (χ1v) is 10.3. The number of carboxylic acid groups (broad SMARTS) is 2. The molecule has 2 unspecified atom stereocenters. The summed E-state index contributed by atoms with van der Waals surface area (Å²) in [5.74, 6) is -6.12. The highest BCUT2D eigenvalue weighted by Crippen LogP contribution is 2.12. The molecule has 0 aromatic heterocycles. The highest BCUT2D eigenvalue weighted by molar-refractivity contribution is 5.78. The van der Waals surface area contributed by atoms with Crippen LogP contribution in [0.2, 0.25) is 0 Å². The van der Waals surface area contributed by atoms with E-state index in [9.17, 15) is 29.4 Å². The van der Waals surface area contributed by atoms with Crippen molar-refractivity contribution < 1.29 is 38.9 Å². The Morgan fingerprint density at radius 3 is 1.37 bits per heavy atom. The van der Waals surface area contributed by atoms with E-state index in [1.807, 2.05) is 26.0 Å². The second-order valence-corrected chi connectivity index (χ2v) is 6.87. The molecule has 0 spiro atoms. The van der Waals surface area contributed by atoms with E-state index >= 15 is 0 Å². The Kier molecular flexibility index (Phi) is 15.7. The zero-order valence-corrected chi connectivity index (χ0v) is 17.8. The average molecular weight is 424 g/mol. The minimum absolute atomic E-state index is 0.170. The third kappa shape index (κ3) is 14.4. The summed E-state index contributed by atoms with van der Waals surface area (Å²) in [7, 11) is 0. The second-order valence-electron chi connectivity index (χ2n) is 6.87. The minimum atomic E-state index is -1.33. The second kappa shape index (κ2) is 17.2. The highest BCUT2D eigenvalue weighted by Gasteiger charge is 2.17. The SMILES string of the molecule is CCC/C=C/CC(CC(=O)OCCOC(=O)CC(C/C=C/CCC)C(=O)[O-])C(=O)[O-]. The number of esters is 2. The Morgan fingerprint density at radius 2 is 1.07 bits per heavy atom. The number of allylic oxidation sites excluding steroid dienone is 4. The molecule has 0 aliphatic rings. The largest absolute Gasteiger partial charge is 0.550 e. The number of hydrogen-bond donors (Lipinski definition) is 0. The van der Waals surface area contributed by atoms with Crippen LogP contribution in [0.25, 0.3) is 0 Å². The molecule has 0 aliphatic carbocycles. The van der Waals surface area contributed by atoms with Crippen LogP contribution in [0.4, 0.5) is 0 Å². The highest BCUT2D eigenvalue weighted by atomic mass is 16.6. The van der Waals surface area contributed by atoms with E-state index in [2.05, 4.69) is 0 Å². The van der Waals surface area contributed by atoms with Crippen molar-refractivity contribution in [1.29, 1.82) is 0 Å². The van der Waals surface area contributed by atoms with E-state index in [-0.39, 0.29) is 38.9 Å². The van der Waals surface area contributed by atoms with E-state index in [4.69, 9.17) is 9.47 Å². The molecule has 0 rings (SSSR count). The quantitative estimate of drug-likeness (QED) is 0.192. The van der Waals surface area contributed by atoms with Crippen LogP contribution in [0.5, 0.6) is 0 Å². The van der Waals surface area contributed by atoms with Crippen molar-refractivity contribution in [2.75, 3.05) is 13.2 Å². The van der Waals surface area contributed by atoms with Crippen LogP contribution >= 0.6 is 0 Å². The number of carbonyl (C=O) groups excluding carboxylic acids is 4. The zero-order valence-electron chi connectivity index (χ0n) is 17.8. The van der Waals surface area contributed by atoms with E-state index < -0.39 is 35.7 Å². The molecule has 0 aliphatic heterocycles. The molecule has 0 heterocycles. The lowest BCUT2D eigenvalue weighted by atomic mass is 10.0. The molecular weight excluding hydrogens is 392 g/mol. The van der Waals surface area contributed by atoms with Gasteiger partial charge in [-0.2, -0.15) is 0 Å². The first kappa shape index (κ1) is 27.4. The number of hydrogen-bond acceptors (Lipinski definition) is 8. The third-order valence-electron chi connectivity index (χ3n) is 4.19. The summed E-state index contributed by atoms with van der Waals surface area (Å²) in [5.41, 5.74) is 0. The van der Waals surface area contributed by atoms with Crippen LogP contribution in [0, 0.1) is 11.8 Å². The van der Waals surface area contributed by atoms with Gasteiger partial charge in [0.15, 0.2) is 0 Å². The van der Waals surface area contributed by atoms with Crippen molar-refractivity contribution in [3.63, 3.8) is 0 Å². The molecule has 0 saturated heterocycles. The topological polar surface area (TPSA) is 133 Å². The normalized spacial score (nSPS) is 13.3. The number of unbranched alkanes of at least 4 members (excludes halogenated alkanes) is 2. The molecule has 0 N–H and O–H groups in total. The molecule has 0 bridgehead atoms. The molecule has 0 aromatic carbocycles. The fourth-order valence-corrected chi connectivity index (χ4v) is 2.45. The first-order valence-electron chi connectivity index (χ1n) is 10.3. The van der Waals surface area contributed by atoms with Gasteiger partial charge in [0.2, 0.25) is 0 Å². The lowest BCUT2D eigenvalue weighted by molar-refractivity contribution is -0.312. The molecule has 170 valence electrons. The summed E-state index contributed by atoms with van der Waals surface area (Å²) >= 11 is 0. The number of aliphatic carboxylic acids is 2. The molecule has 0 fully saturated rings. The summed E-state index contributed by atoms with van der Waals surface area (Å²) in [6.07, 6.45) is 10.3. The first-order chi connectivity index (χ1) is 14.3. The minimum Gasteiger partial charge on any atom is -0.550 e. The molecule has 0 radical (unpaired) electrons. The summed E-state index contributed by atoms with van der Waals surface area (Å²) in [6, 6.07) is 0. The van der Waals surface area contributed by atoms with Gasteiger partial charge in [-0.15, -0.1) is 0 Å². The third-order valence-corrected chi connectivity index (χ3v) is 4.19. The van der Waals surface area contributed by atoms with Crippen molar-refractivity contribution in [2.24, 2.45) is 11.8 Å². The van der Waals surface area contributed by atoms with Gasteiger partial charge in [-0.3, -0.25) is 9.59 Å². The van der Waals surface area contributed by atoms with Gasteiger partial charge in [0.1, 0.15) is 13.2 Å². The van der Waals surface area contributed by atoms with Crippen LogP contribution in [-0.4, -0.2) is 37.1 Å². The lowest BCUT2D eigenvalue weighted by Gasteiger charge is -2.16. The summed E-state index contributed by atoms with van der Waals surface area (Å²) < 4.78 is 9.75. The Labute approximate surface area is 177 Å². The Bertz CT molecular complexity index is 542. The summed E-state index contributed by atoms with van der Waals surface area (Å²) in [5, 5.41) is 22.2. The average Bonchev–Trinajstić information content (AvgIpc) is 2.69. The van der Waals surface area contributed by atoms with Crippen molar-refractivity contribution in [3.8, 4) is 0 Å². The zero-order chi connectivity index (χ0) is 22.8. The maximum absolute atomic E-state index is 11.8. The predicted molar refractivity (Wildman–Crippen MR) is 105 cm³/mol. The fraction of sp³-hybridized carbons (Fsp3) is 0.636. The molecule has 0 aromatic rings. The van der Waals surface area contributed by atoms with E-state index in [0.717, 1.165) is 25.7 Å². The standard InChI is InChI=1S/C22H34O8/c1-3-5-7-9-11-17(21(25)26)15-19(23)29-13-14-30-20(24)16-18(22(27)28)12-10-8-6-4-2/h7-10,17-18H,3-6,11-16H2,1-2H3,(H,25,26)(H,27,28)/p-2/b9-7+,10-8+. The molecule has 0 amide bonds. The number of carboxylic acids is 2. The number of rotatable bonds is 17. The van der Waals surface area contributed by atoms with Crippen molar-refractivity contribution in [1.82, 2.24) is 0 Å². The molecule has 30 heavy (non-hydrogen) atoms. The van der Waals surface area contributed by atoms with E-state index in [1.165, 1.54) is 0 Å². The molecule has 8 heteroatoms. The van der Waals surface area contributed by atoms with Crippen molar-refractivity contribution >= 4 is 23.9 Å². The van der Waals surface area contributed by atoms with Gasteiger partial charge in [-0.1, -0.05) is 51.0 Å². The van der Waals surface area contributed by atoms with Crippen LogP contribution < -0.4 is 10.2 Å². The van der Waals surface area contributed by atoms with Crippen LogP contribution in [0.1, 0.15) is 65.2 Å². The van der Waals surface area contributed by atoms with Crippen LogP contribution in [0.3, 0.4) is 0 Å². The maximum atomic E-state index is 11.8. The predicted octanol–water partition coefficient (Wildman–Crippen LogP) is 1.08. The number of carbonyl (C=O) groups is 4. The van der Waals surface area contributed by atoms with Gasteiger partial charge >= 0.3 is 11.9 Å². The van der Waals surface area contributed by atoms with Crippen molar-refractivity contribution in [2.45, 2.75) is 65.2 Å². The van der Waals surface area contributed by atoms with Gasteiger partial charge in [0.25, 0.3) is 0 Å². The molecule has 0 saturated carbocycles. The van der Waals surface area contributed by atoms with E-state index in [1.54, 1.807) is 12.2 Å². The molecule has 8 nitrogen and oxygen atoms in total. The van der Waals surface area contributed by atoms with Crippen molar-refractivity contribution in [3.05, 3.63) is 24.3 Å². The fourth-order valence-electron chi connectivity index (χ4n) is 2.45. The summed E-state index contributed by atoms with van der Waals surface area (Å²) in [4.78, 5) is 45.7. The lowest BCUT2D eigenvalue weighted by Crippen LogP contribution is -2.33. The van der Waals surface area contributed by atoms with Crippen LogP contribution in [-0.2, 0) is 28.7 Å². The van der Waals surface area contributed by atoms with Gasteiger partial charge in [0, 0.05) is 23.8 Å².